The lowest BCUT2D eigenvalue weighted by atomic mass is 9.77. The molecule has 3 nitrogen and oxygen atoms in total. The number of halogens is 2. The first-order chi connectivity index (χ1) is 10.5. The predicted octanol–water partition coefficient (Wildman–Crippen LogP) is 4.86. The number of carbonyl (C=O) groups is 2. The number of hydrogen-bond acceptors (Lipinski definition) is 2. The Morgan fingerprint density at radius 1 is 1.27 bits per heavy atom. The van der Waals surface area contributed by atoms with Crippen LogP contribution in [0.5, 0.6) is 0 Å². The van der Waals surface area contributed by atoms with E-state index in [1.165, 1.54) is 0 Å². The molecule has 1 saturated carbocycles. The summed E-state index contributed by atoms with van der Waals surface area (Å²) in [6.45, 7) is 0. The molecule has 1 N–H and O–H groups in total. The van der Waals surface area contributed by atoms with Crippen LogP contribution in [0.3, 0.4) is 0 Å². The van der Waals surface area contributed by atoms with Crippen molar-refractivity contribution in [3.8, 4) is 0 Å². The molecule has 1 aliphatic rings. The van der Waals surface area contributed by atoms with E-state index >= 15 is 0 Å². The Hall–Kier alpha value is -1.32. The van der Waals surface area contributed by atoms with Crippen LogP contribution < -0.4 is 0 Å². The average Bonchev–Trinajstić information content (AvgIpc) is 2.44. The van der Waals surface area contributed by atoms with E-state index in [-0.39, 0.29) is 24.0 Å². The summed E-state index contributed by atoms with van der Waals surface area (Å²) in [5.41, 5.74) is 0.858. The van der Waals surface area contributed by atoms with E-state index in [1.807, 2.05) is 18.2 Å². The van der Waals surface area contributed by atoms with Gasteiger partial charge in [0.05, 0.1) is 6.42 Å². The maximum absolute atomic E-state index is 12.3. The lowest BCUT2D eigenvalue weighted by Gasteiger charge is -2.26. The largest absolute Gasteiger partial charge is 0.481 e. The van der Waals surface area contributed by atoms with Gasteiger partial charge in [-0.25, -0.2) is 0 Å². The molecule has 118 valence electrons. The molecule has 1 fully saturated rings. The highest BCUT2D eigenvalue weighted by atomic mass is 35.5. The number of carboxylic acid groups (broad SMARTS) is 1. The van der Waals surface area contributed by atoms with Gasteiger partial charge in [0.25, 0.3) is 0 Å². The molecule has 1 aromatic rings. The molecule has 0 bridgehead atoms. The molecule has 5 heteroatoms. The lowest BCUT2D eigenvalue weighted by Crippen LogP contribution is -2.29. The van der Waals surface area contributed by atoms with Crippen molar-refractivity contribution in [2.24, 2.45) is 11.8 Å². The number of hydrogen-bond donors (Lipinski definition) is 1. The smallest absolute Gasteiger partial charge is 0.304 e. The number of benzene rings is 1. The Balaban J connectivity index is 1.96. The van der Waals surface area contributed by atoms with Crippen LogP contribution in [-0.4, -0.2) is 16.9 Å². The third-order valence-corrected chi connectivity index (χ3v) is 4.57. The highest BCUT2D eigenvalue weighted by molar-refractivity contribution is 6.35. The van der Waals surface area contributed by atoms with Gasteiger partial charge in [-0.3, -0.25) is 9.59 Å². The van der Waals surface area contributed by atoms with Gasteiger partial charge >= 0.3 is 5.97 Å². The minimum Gasteiger partial charge on any atom is -0.481 e. The van der Waals surface area contributed by atoms with Gasteiger partial charge in [0.1, 0.15) is 5.78 Å². The van der Waals surface area contributed by atoms with Gasteiger partial charge in [0, 0.05) is 21.9 Å². The predicted molar refractivity (Wildman–Crippen MR) is 88.2 cm³/mol. The van der Waals surface area contributed by atoms with E-state index < -0.39 is 5.97 Å². The molecule has 2 rings (SSSR count). The van der Waals surface area contributed by atoms with Crippen molar-refractivity contribution in [3.05, 3.63) is 39.9 Å². The molecule has 0 heterocycles. The lowest BCUT2D eigenvalue weighted by molar-refractivity contribution is -0.142. The fraction of sp³-hybridized carbons (Fsp3) is 0.412. The zero-order valence-electron chi connectivity index (χ0n) is 12.1. The van der Waals surface area contributed by atoms with E-state index in [4.69, 9.17) is 28.3 Å². The molecular formula is C17H18Cl2O3. The van der Waals surface area contributed by atoms with Crippen molar-refractivity contribution >= 4 is 41.0 Å². The molecule has 2 atom stereocenters. The maximum Gasteiger partial charge on any atom is 0.304 e. The SMILES string of the molecule is O=C(O)CC1CCCC(CC=Cc2ccc(Cl)cc2Cl)C1=O. The summed E-state index contributed by atoms with van der Waals surface area (Å²) in [6, 6.07) is 5.27. The molecule has 2 unspecified atom stereocenters. The zero-order valence-corrected chi connectivity index (χ0v) is 13.6. The molecule has 0 amide bonds. The first-order valence-corrected chi connectivity index (χ1v) is 8.10. The van der Waals surface area contributed by atoms with E-state index in [0.29, 0.717) is 22.9 Å². The van der Waals surface area contributed by atoms with Crippen LogP contribution in [0, 0.1) is 11.8 Å². The summed E-state index contributed by atoms with van der Waals surface area (Å²) < 4.78 is 0. The van der Waals surface area contributed by atoms with Crippen molar-refractivity contribution in [1.82, 2.24) is 0 Å². The van der Waals surface area contributed by atoms with Crippen LogP contribution in [0.4, 0.5) is 0 Å². The van der Waals surface area contributed by atoms with E-state index in [2.05, 4.69) is 0 Å². The highest BCUT2D eigenvalue weighted by Crippen LogP contribution is 2.31. The second-order valence-corrected chi connectivity index (χ2v) is 6.47. The van der Waals surface area contributed by atoms with Gasteiger partial charge in [0.2, 0.25) is 0 Å². The van der Waals surface area contributed by atoms with Crippen LogP contribution in [0.1, 0.15) is 37.7 Å². The summed E-state index contributed by atoms with van der Waals surface area (Å²) in [5.74, 6) is -1.23. The fourth-order valence-electron chi connectivity index (χ4n) is 2.87. The van der Waals surface area contributed by atoms with Crippen molar-refractivity contribution < 1.29 is 14.7 Å². The Labute approximate surface area is 139 Å². The number of ketones is 1. The minimum atomic E-state index is -0.900. The van der Waals surface area contributed by atoms with Crippen LogP contribution in [-0.2, 0) is 9.59 Å². The van der Waals surface area contributed by atoms with Crippen molar-refractivity contribution in [1.29, 1.82) is 0 Å². The first-order valence-electron chi connectivity index (χ1n) is 7.34. The number of aliphatic carboxylic acids is 1. The van der Waals surface area contributed by atoms with Gasteiger partial charge in [-0.05, 0) is 37.0 Å². The summed E-state index contributed by atoms with van der Waals surface area (Å²) in [7, 11) is 0. The molecule has 1 aromatic carbocycles. The van der Waals surface area contributed by atoms with E-state index in [9.17, 15) is 9.59 Å². The minimum absolute atomic E-state index is 0.0535. The number of carboxylic acids is 1. The van der Waals surface area contributed by atoms with E-state index in [1.54, 1.807) is 12.1 Å². The second-order valence-electron chi connectivity index (χ2n) is 5.63. The van der Waals surface area contributed by atoms with Crippen LogP contribution >= 0.6 is 23.2 Å². The maximum atomic E-state index is 12.3. The fourth-order valence-corrected chi connectivity index (χ4v) is 3.34. The third kappa shape index (κ3) is 4.59. The van der Waals surface area contributed by atoms with Crippen molar-refractivity contribution in [3.63, 3.8) is 0 Å². The standard InChI is InChI=1S/C17H18Cl2O3/c18-14-8-7-11(15(19)10-14)3-1-4-12-5-2-6-13(17(12)22)9-16(20)21/h1,3,7-8,10,12-13H,2,4-6,9H2,(H,20,21). The molecule has 0 aromatic heterocycles. The van der Waals surface area contributed by atoms with Gasteiger partial charge in [-0.2, -0.15) is 0 Å². The topological polar surface area (TPSA) is 54.4 Å². The third-order valence-electron chi connectivity index (χ3n) is 4.01. The Bertz CT molecular complexity index is 596. The van der Waals surface area contributed by atoms with Crippen LogP contribution in [0.15, 0.2) is 24.3 Å². The number of rotatable bonds is 5. The van der Waals surface area contributed by atoms with Crippen LogP contribution in [0.25, 0.3) is 6.08 Å². The second kappa shape index (κ2) is 7.80. The number of allylic oxidation sites excluding steroid dienone is 1. The average molecular weight is 341 g/mol. The molecule has 22 heavy (non-hydrogen) atoms. The van der Waals surface area contributed by atoms with Crippen molar-refractivity contribution in [2.75, 3.05) is 0 Å². The Kier molecular flexibility index (Phi) is 6.04. The van der Waals surface area contributed by atoms with Gasteiger partial charge in [0.15, 0.2) is 0 Å². The van der Waals surface area contributed by atoms with E-state index in [0.717, 1.165) is 18.4 Å². The summed E-state index contributed by atoms with van der Waals surface area (Å²) in [5, 5.41) is 10.0. The molecule has 1 aliphatic carbocycles. The van der Waals surface area contributed by atoms with Gasteiger partial charge in [-0.15, -0.1) is 0 Å². The Morgan fingerprint density at radius 3 is 2.68 bits per heavy atom. The normalized spacial score (nSPS) is 22.2. The number of carbonyl (C=O) groups excluding carboxylic acids is 1. The quantitative estimate of drug-likeness (QED) is 0.832. The zero-order chi connectivity index (χ0) is 16.1. The van der Waals surface area contributed by atoms with Gasteiger partial charge < -0.3 is 5.11 Å². The van der Waals surface area contributed by atoms with Crippen molar-refractivity contribution in [2.45, 2.75) is 32.1 Å². The van der Waals surface area contributed by atoms with Gasteiger partial charge in [-0.1, -0.05) is 47.8 Å². The molecule has 0 saturated heterocycles. The first kappa shape index (κ1) is 17.0. The van der Waals surface area contributed by atoms with Crippen LogP contribution in [0.2, 0.25) is 10.0 Å². The summed E-state index contributed by atoms with van der Waals surface area (Å²) in [4.78, 5) is 23.1. The summed E-state index contributed by atoms with van der Waals surface area (Å²) >= 11 is 11.9. The molecule has 0 radical (unpaired) electrons. The number of Topliss-reactive ketones (excluding diaryl/α,β-unsaturated/α-hetero) is 1. The highest BCUT2D eigenvalue weighted by Gasteiger charge is 2.31. The molecule has 0 spiro atoms. The monoisotopic (exact) mass is 340 g/mol. The summed E-state index contributed by atoms with van der Waals surface area (Å²) in [6.07, 6.45) is 6.80. The molecular weight excluding hydrogens is 323 g/mol. The molecule has 0 aliphatic heterocycles. The Morgan fingerprint density at radius 2 is 2.00 bits per heavy atom.